The van der Waals surface area contributed by atoms with Gasteiger partial charge in [0.2, 0.25) is 10.0 Å². The Morgan fingerprint density at radius 3 is 2.31 bits per heavy atom. The summed E-state index contributed by atoms with van der Waals surface area (Å²) in [6, 6.07) is 19.5. The molecule has 1 saturated carbocycles. The molecule has 5 nitrogen and oxygen atoms in total. The number of fused-ring (bicyclic) bond motifs is 1. The van der Waals surface area contributed by atoms with Gasteiger partial charge in [-0.25, -0.2) is 13.1 Å². The van der Waals surface area contributed by atoms with Gasteiger partial charge in [0.15, 0.2) is 0 Å². The lowest BCUT2D eigenvalue weighted by atomic mass is 10.1. The van der Waals surface area contributed by atoms with Crippen LogP contribution in [0.5, 0.6) is 0 Å². The Kier molecular flexibility index (Phi) is 4.22. The van der Waals surface area contributed by atoms with Crippen LogP contribution in [-0.4, -0.2) is 20.4 Å². The van der Waals surface area contributed by atoms with Crippen molar-refractivity contribution in [2.24, 2.45) is 0 Å². The Bertz CT molecular complexity index is 1070. The highest BCUT2D eigenvalue weighted by Crippen LogP contribution is 2.24. The van der Waals surface area contributed by atoms with Crippen LogP contribution in [0.4, 0.5) is 5.69 Å². The van der Waals surface area contributed by atoms with Gasteiger partial charge in [0.25, 0.3) is 5.91 Å². The molecule has 26 heavy (non-hydrogen) atoms. The van der Waals surface area contributed by atoms with E-state index in [1.165, 1.54) is 24.3 Å². The highest BCUT2D eigenvalue weighted by Gasteiger charge is 2.27. The average Bonchev–Trinajstić information content (AvgIpc) is 3.45. The van der Waals surface area contributed by atoms with E-state index >= 15 is 0 Å². The van der Waals surface area contributed by atoms with Crippen LogP contribution in [0.15, 0.2) is 71.6 Å². The molecule has 6 heteroatoms. The van der Waals surface area contributed by atoms with Crippen molar-refractivity contribution in [3.05, 3.63) is 72.3 Å². The molecular formula is C20H18N2O3S. The first-order valence-corrected chi connectivity index (χ1v) is 9.93. The van der Waals surface area contributed by atoms with Gasteiger partial charge >= 0.3 is 0 Å². The van der Waals surface area contributed by atoms with Crippen LogP contribution < -0.4 is 10.0 Å². The minimum atomic E-state index is -3.51. The number of anilines is 1. The molecule has 4 rings (SSSR count). The van der Waals surface area contributed by atoms with E-state index in [2.05, 4.69) is 10.0 Å². The molecule has 0 heterocycles. The van der Waals surface area contributed by atoms with E-state index in [1.807, 2.05) is 42.5 Å². The molecular weight excluding hydrogens is 348 g/mol. The van der Waals surface area contributed by atoms with E-state index in [-0.39, 0.29) is 16.8 Å². The Hall–Kier alpha value is -2.70. The quantitative estimate of drug-likeness (QED) is 0.725. The van der Waals surface area contributed by atoms with Crippen LogP contribution in [-0.2, 0) is 10.0 Å². The zero-order valence-corrected chi connectivity index (χ0v) is 14.8. The molecule has 1 aliphatic rings. The third-order valence-electron chi connectivity index (χ3n) is 4.36. The van der Waals surface area contributed by atoms with Crippen molar-refractivity contribution in [1.82, 2.24) is 4.72 Å². The Labute approximate surface area is 152 Å². The molecule has 0 spiro atoms. The largest absolute Gasteiger partial charge is 0.321 e. The summed E-state index contributed by atoms with van der Waals surface area (Å²) in [6.07, 6.45) is 1.76. The number of amides is 1. The fourth-order valence-electron chi connectivity index (χ4n) is 2.80. The van der Waals surface area contributed by atoms with Gasteiger partial charge in [-0.1, -0.05) is 36.4 Å². The molecule has 0 saturated heterocycles. The second kappa shape index (κ2) is 6.55. The number of hydrogen-bond acceptors (Lipinski definition) is 3. The fourth-order valence-corrected chi connectivity index (χ4v) is 4.11. The summed E-state index contributed by atoms with van der Waals surface area (Å²) in [5.74, 6) is -0.277. The molecule has 0 unspecified atom stereocenters. The molecule has 0 bridgehead atoms. The predicted octanol–water partition coefficient (Wildman–Crippen LogP) is 3.53. The van der Waals surface area contributed by atoms with Crippen LogP contribution >= 0.6 is 0 Å². The maximum atomic E-state index is 12.5. The van der Waals surface area contributed by atoms with Crippen molar-refractivity contribution < 1.29 is 13.2 Å². The van der Waals surface area contributed by atoms with Gasteiger partial charge in [-0.05, 0) is 48.6 Å². The molecule has 1 fully saturated rings. The highest BCUT2D eigenvalue weighted by atomic mass is 32.2. The lowest BCUT2D eigenvalue weighted by molar-refractivity contribution is 0.102. The van der Waals surface area contributed by atoms with Crippen molar-refractivity contribution in [2.75, 3.05) is 5.32 Å². The summed E-state index contributed by atoms with van der Waals surface area (Å²) in [4.78, 5) is 12.7. The maximum absolute atomic E-state index is 12.5. The minimum Gasteiger partial charge on any atom is -0.321 e. The lowest BCUT2D eigenvalue weighted by Crippen LogP contribution is -2.25. The first-order chi connectivity index (χ1) is 12.5. The summed E-state index contributed by atoms with van der Waals surface area (Å²) in [6.45, 7) is 0. The Morgan fingerprint density at radius 1 is 0.885 bits per heavy atom. The van der Waals surface area contributed by atoms with E-state index in [4.69, 9.17) is 0 Å². The second-order valence-corrected chi connectivity index (χ2v) is 8.11. The van der Waals surface area contributed by atoms with Gasteiger partial charge in [0.05, 0.1) is 4.90 Å². The van der Waals surface area contributed by atoms with E-state index < -0.39 is 10.0 Å². The molecule has 1 aliphatic carbocycles. The van der Waals surface area contributed by atoms with Crippen molar-refractivity contribution >= 4 is 32.4 Å². The summed E-state index contributed by atoms with van der Waals surface area (Å²) < 4.78 is 27.0. The van der Waals surface area contributed by atoms with Gasteiger partial charge in [0, 0.05) is 22.7 Å². The van der Waals surface area contributed by atoms with Crippen LogP contribution in [0.2, 0.25) is 0 Å². The fraction of sp³-hybridized carbons (Fsp3) is 0.150. The first-order valence-electron chi connectivity index (χ1n) is 8.44. The van der Waals surface area contributed by atoms with E-state index in [0.717, 1.165) is 29.3 Å². The van der Waals surface area contributed by atoms with Gasteiger partial charge in [0.1, 0.15) is 0 Å². The normalized spacial score (nSPS) is 14.3. The number of sulfonamides is 1. The van der Waals surface area contributed by atoms with Gasteiger partial charge in [-0.15, -0.1) is 0 Å². The van der Waals surface area contributed by atoms with Crippen molar-refractivity contribution in [2.45, 2.75) is 23.8 Å². The summed E-state index contributed by atoms with van der Waals surface area (Å²) >= 11 is 0. The van der Waals surface area contributed by atoms with Crippen molar-refractivity contribution in [3.63, 3.8) is 0 Å². The molecule has 132 valence electrons. The third-order valence-corrected chi connectivity index (χ3v) is 5.90. The molecule has 0 radical (unpaired) electrons. The van der Waals surface area contributed by atoms with Gasteiger partial charge in [-0.3, -0.25) is 4.79 Å². The molecule has 3 aromatic carbocycles. The number of carbonyl (C=O) groups excluding carboxylic acids is 1. The van der Waals surface area contributed by atoms with Crippen LogP contribution in [0.25, 0.3) is 10.8 Å². The Balaban J connectivity index is 1.55. The standard InChI is InChI=1S/C20H18N2O3S/c23-20(21-19-7-3-5-14-4-1-2-6-18(14)19)15-8-12-17(13-9-15)26(24,25)22-16-10-11-16/h1-9,12-13,16,22H,10-11H2,(H,21,23). The van der Waals surface area contributed by atoms with Crippen molar-refractivity contribution in [1.29, 1.82) is 0 Å². The van der Waals surface area contributed by atoms with Gasteiger partial charge in [-0.2, -0.15) is 0 Å². The molecule has 3 aromatic rings. The SMILES string of the molecule is O=C(Nc1cccc2ccccc12)c1ccc(S(=O)(=O)NC2CC2)cc1. The number of hydrogen-bond donors (Lipinski definition) is 2. The number of nitrogens with one attached hydrogen (secondary N) is 2. The number of rotatable bonds is 5. The summed E-state index contributed by atoms with van der Waals surface area (Å²) in [7, 11) is -3.51. The molecule has 2 N–H and O–H groups in total. The monoisotopic (exact) mass is 366 g/mol. The highest BCUT2D eigenvalue weighted by molar-refractivity contribution is 7.89. The molecule has 1 amide bonds. The van der Waals surface area contributed by atoms with Crippen LogP contribution in [0, 0.1) is 0 Å². The van der Waals surface area contributed by atoms with E-state index in [9.17, 15) is 13.2 Å². The van der Waals surface area contributed by atoms with E-state index in [0.29, 0.717) is 5.56 Å². The van der Waals surface area contributed by atoms with Gasteiger partial charge < -0.3 is 5.32 Å². The second-order valence-electron chi connectivity index (χ2n) is 6.40. The topological polar surface area (TPSA) is 75.3 Å². The predicted molar refractivity (Wildman–Crippen MR) is 102 cm³/mol. The first kappa shape index (κ1) is 16.8. The summed E-state index contributed by atoms with van der Waals surface area (Å²) in [5, 5.41) is 4.89. The molecule has 0 atom stereocenters. The van der Waals surface area contributed by atoms with Crippen LogP contribution in [0.1, 0.15) is 23.2 Å². The minimum absolute atomic E-state index is 0.0503. The van der Waals surface area contributed by atoms with E-state index in [1.54, 1.807) is 0 Å². The molecule has 0 aromatic heterocycles. The zero-order chi connectivity index (χ0) is 18.1. The van der Waals surface area contributed by atoms with Crippen molar-refractivity contribution in [3.8, 4) is 0 Å². The van der Waals surface area contributed by atoms with Crippen LogP contribution in [0.3, 0.4) is 0 Å². The average molecular weight is 366 g/mol. The Morgan fingerprint density at radius 2 is 1.58 bits per heavy atom. The maximum Gasteiger partial charge on any atom is 0.255 e. The lowest BCUT2D eigenvalue weighted by Gasteiger charge is -2.10. The third kappa shape index (κ3) is 3.47. The summed E-state index contributed by atoms with van der Waals surface area (Å²) in [5.41, 5.74) is 1.13. The zero-order valence-electron chi connectivity index (χ0n) is 14.0. The smallest absolute Gasteiger partial charge is 0.255 e. The molecule has 0 aliphatic heterocycles. The number of carbonyl (C=O) groups is 1. The number of benzene rings is 3.